The zero-order valence-electron chi connectivity index (χ0n) is 10.0. The second-order valence-electron chi connectivity index (χ2n) is 5.61. The van der Waals surface area contributed by atoms with Crippen molar-refractivity contribution in [3.05, 3.63) is 0 Å². The second-order valence-corrected chi connectivity index (χ2v) is 5.61. The minimum Gasteiger partial charge on any atom is -0.388 e. The van der Waals surface area contributed by atoms with Gasteiger partial charge < -0.3 is 14.6 Å². The summed E-state index contributed by atoms with van der Waals surface area (Å²) in [6, 6.07) is 2.42. The van der Waals surface area contributed by atoms with Crippen LogP contribution >= 0.6 is 0 Å². The molecule has 3 heterocycles. The molecular weight excluding hydrogens is 218 g/mol. The van der Waals surface area contributed by atoms with E-state index in [1.807, 2.05) is 0 Å². The standard InChI is InChI=1S/C13H19NO3/c14-9-12(8-10-2-3-11(12)17-10)13(15)4-1-6-16-7-5-13/h10-11,15H,1-8H2. The molecule has 3 aliphatic rings. The van der Waals surface area contributed by atoms with Gasteiger partial charge in [0, 0.05) is 19.6 Å². The van der Waals surface area contributed by atoms with Gasteiger partial charge in [-0.05, 0) is 32.1 Å². The van der Waals surface area contributed by atoms with E-state index in [2.05, 4.69) is 6.07 Å². The quantitative estimate of drug-likeness (QED) is 0.748. The van der Waals surface area contributed by atoms with Gasteiger partial charge in [-0.15, -0.1) is 0 Å². The highest BCUT2D eigenvalue weighted by Gasteiger charge is 2.63. The van der Waals surface area contributed by atoms with Crippen molar-refractivity contribution in [1.82, 2.24) is 0 Å². The molecule has 1 N–H and O–H groups in total. The molecule has 0 aromatic carbocycles. The Morgan fingerprint density at radius 2 is 2.12 bits per heavy atom. The minimum atomic E-state index is -0.919. The maximum atomic E-state index is 10.9. The van der Waals surface area contributed by atoms with Gasteiger partial charge in [0.1, 0.15) is 5.41 Å². The summed E-state index contributed by atoms with van der Waals surface area (Å²) in [4.78, 5) is 0. The maximum Gasteiger partial charge on any atom is 0.114 e. The van der Waals surface area contributed by atoms with Crippen LogP contribution in [0.15, 0.2) is 0 Å². The molecule has 0 saturated carbocycles. The van der Waals surface area contributed by atoms with Crippen molar-refractivity contribution in [1.29, 1.82) is 5.26 Å². The summed E-state index contributed by atoms with van der Waals surface area (Å²) in [6.45, 7) is 1.25. The first kappa shape index (κ1) is 11.5. The summed E-state index contributed by atoms with van der Waals surface area (Å²) in [5.41, 5.74) is -1.61. The average molecular weight is 237 g/mol. The fourth-order valence-electron chi connectivity index (χ4n) is 3.80. The van der Waals surface area contributed by atoms with Gasteiger partial charge >= 0.3 is 0 Å². The first-order valence-corrected chi connectivity index (χ1v) is 6.57. The number of nitriles is 1. The molecular formula is C13H19NO3. The Balaban J connectivity index is 1.92. The third-order valence-electron chi connectivity index (χ3n) is 4.78. The number of aliphatic hydroxyl groups is 1. The molecule has 0 radical (unpaired) electrons. The van der Waals surface area contributed by atoms with Gasteiger partial charge in [0.25, 0.3) is 0 Å². The molecule has 3 fully saturated rings. The maximum absolute atomic E-state index is 10.9. The highest BCUT2D eigenvalue weighted by Crippen LogP contribution is 2.55. The van der Waals surface area contributed by atoms with Gasteiger partial charge in [0.05, 0.1) is 23.9 Å². The van der Waals surface area contributed by atoms with Crippen LogP contribution in [0.3, 0.4) is 0 Å². The van der Waals surface area contributed by atoms with Crippen LogP contribution in [-0.2, 0) is 9.47 Å². The predicted octanol–water partition coefficient (Wildman–Crippen LogP) is 1.38. The molecule has 0 aromatic heterocycles. The lowest BCUT2D eigenvalue weighted by Crippen LogP contribution is -2.53. The molecule has 2 bridgehead atoms. The van der Waals surface area contributed by atoms with E-state index in [4.69, 9.17) is 9.47 Å². The van der Waals surface area contributed by atoms with Gasteiger partial charge in [-0.25, -0.2) is 0 Å². The lowest BCUT2D eigenvalue weighted by molar-refractivity contribution is -0.0960. The number of ether oxygens (including phenoxy) is 2. The molecule has 4 unspecified atom stereocenters. The SMILES string of the molecule is N#CC1(C2(O)CCCOCC2)CC2CCC1O2. The van der Waals surface area contributed by atoms with Crippen molar-refractivity contribution >= 4 is 0 Å². The number of hydrogen-bond acceptors (Lipinski definition) is 4. The molecule has 4 nitrogen and oxygen atoms in total. The molecule has 3 aliphatic heterocycles. The predicted molar refractivity (Wildman–Crippen MR) is 60.2 cm³/mol. The van der Waals surface area contributed by atoms with Crippen LogP contribution in [0.1, 0.15) is 38.5 Å². The molecule has 0 aromatic rings. The van der Waals surface area contributed by atoms with Gasteiger partial charge in [-0.3, -0.25) is 0 Å². The number of fused-ring (bicyclic) bond motifs is 2. The van der Waals surface area contributed by atoms with Crippen molar-refractivity contribution in [2.24, 2.45) is 5.41 Å². The van der Waals surface area contributed by atoms with E-state index >= 15 is 0 Å². The van der Waals surface area contributed by atoms with Crippen LogP contribution in [0, 0.1) is 16.7 Å². The third-order valence-corrected chi connectivity index (χ3v) is 4.78. The first-order valence-electron chi connectivity index (χ1n) is 6.57. The molecule has 4 atom stereocenters. The van der Waals surface area contributed by atoms with Crippen LogP contribution in [0.5, 0.6) is 0 Å². The van der Waals surface area contributed by atoms with Crippen molar-refractivity contribution in [3.8, 4) is 6.07 Å². The van der Waals surface area contributed by atoms with Gasteiger partial charge in [-0.1, -0.05) is 0 Å². The van der Waals surface area contributed by atoms with Crippen LogP contribution in [0.25, 0.3) is 0 Å². The average Bonchev–Trinajstić information content (AvgIpc) is 2.87. The number of hydrogen-bond donors (Lipinski definition) is 1. The summed E-state index contributed by atoms with van der Waals surface area (Å²) in [5, 5.41) is 20.6. The molecule has 0 amide bonds. The monoisotopic (exact) mass is 237 g/mol. The summed E-state index contributed by atoms with van der Waals surface area (Å²) in [5.74, 6) is 0. The number of rotatable bonds is 1. The molecule has 94 valence electrons. The Morgan fingerprint density at radius 1 is 1.24 bits per heavy atom. The van der Waals surface area contributed by atoms with E-state index in [0.29, 0.717) is 32.5 Å². The Kier molecular flexibility index (Phi) is 2.66. The smallest absolute Gasteiger partial charge is 0.114 e. The van der Waals surface area contributed by atoms with Gasteiger partial charge in [-0.2, -0.15) is 5.26 Å². The van der Waals surface area contributed by atoms with Gasteiger partial charge in [0.2, 0.25) is 0 Å². The molecule has 3 saturated heterocycles. The van der Waals surface area contributed by atoms with Crippen molar-refractivity contribution in [2.75, 3.05) is 13.2 Å². The normalized spacial score (nSPS) is 49.9. The summed E-state index contributed by atoms with van der Waals surface area (Å²) >= 11 is 0. The highest BCUT2D eigenvalue weighted by molar-refractivity contribution is 5.21. The molecule has 3 rings (SSSR count). The van der Waals surface area contributed by atoms with Crippen molar-refractivity contribution < 1.29 is 14.6 Å². The van der Waals surface area contributed by atoms with E-state index in [9.17, 15) is 10.4 Å². The van der Waals surface area contributed by atoms with E-state index < -0.39 is 11.0 Å². The van der Waals surface area contributed by atoms with Crippen LogP contribution in [0.2, 0.25) is 0 Å². The van der Waals surface area contributed by atoms with Gasteiger partial charge in [0.15, 0.2) is 0 Å². The molecule has 0 spiro atoms. The number of nitrogens with zero attached hydrogens (tertiary/aromatic N) is 1. The molecule has 4 heteroatoms. The Labute approximate surface area is 102 Å². The second kappa shape index (κ2) is 3.94. The molecule has 17 heavy (non-hydrogen) atoms. The molecule has 0 aliphatic carbocycles. The van der Waals surface area contributed by atoms with E-state index in [0.717, 1.165) is 19.3 Å². The summed E-state index contributed by atoms with van der Waals surface area (Å²) < 4.78 is 11.2. The van der Waals surface area contributed by atoms with Crippen molar-refractivity contribution in [2.45, 2.75) is 56.3 Å². The van der Waals surface area contributed by atoms with Crippen LogP contribution in [-0.4, -0.2) is 36.1 Å². The Hall–Kier alpha value is -0.630. The largest absolute Gasteiger partial charge is 0.388 e. The lowest BCUT2D eigenvalue weighted by atomic mass is 9.61. The zero-order valence-corrected chi connectivity index (χ0v) is 10.0. The minimum absolute atomic E-state index is 0.0689. The lowest BCUT2D eigenvalue weighted by Gasteiger charge is -2.43. The van der Waals surface area contributed by atoms with Crippen LogP contribution < -0.4 is 0 Å². The van der Waals surface area contributed by atoms with Crippen molar-refractivity contribution in [3.63, 3.8) is 0 Å². The fraction of sp³-hybridized carbons (Fsp3) is 0.923. The third kappa shape index (κ3) is 1.53. The Morgan fingerprint density at radius 3 is 2.76 bits per heavy atom. The van der Waals surface area contributed by atoms with E-state index in [-0.39, 0.29) is 12.2 Å². The zero-order chi connectivity index (χ0) is 11.9. The summed E-state index contributed by atoms with van der Waals surface area (Å²) in [6.07, 6.45) is 4.83. The van der Waals surface area contributed by atoms with E-state index in [1.165, 1.54) is 0 Å². The first-order chi connectivity index (χ1) is 8.20. The fourth-order valence-corrected chi connectivity index (χ4v) is 3.80. The Bertz CT molecular complexity index is 343. The van der Waals surface area contributed by atoms with Crippen LogP contribution in [0.4, 0.5) is 0 Å². The van der Waals surface area contributed by atoms with E-state index in [1.54, 1.807) is 0 Å². The summed E-state index contributed by atoms with van der Waals surface area (Å²) in [7, 11) is 0. The highest BCUT2D eigenvalue weighted by atomic mass is 16.5. The topological polar surface area (TPSA) is 62.5 Å².